The summed E-state index contributed by atoms with van der Waals surface area (Å²) in [4.78, 5) is 0. The largest absolute Gasteiger partial charge is 0.496 e. The van der Waals surface area contributed by atoms with Gasteiger partial charge in [-0.3, -0.25) is 0 Å². The lowest BCUT2D eigenvalue weighted by Crippen LogP contribution is -2.29. The number of ether oxygens (including phenoxy) is 1. The maximum absolute atomic E-state index is 5.46. The topological polar surface area (TPSA) is 33.3 Å². The molecular formula is C16H28N2O. The first-order valence-corrected chi connectivity index (χ1v) is 7.11. The van der Waals surface area contributed by atoms with Crippen LogP contribution in [0.3, 0.4) is 0 Å². The molecule has 0 saturated carbocycles. The van der Waals surface area contributed by atoms with Crippen LogP contribution in [0.1, 0.15) is 30.0 Å². The summed E-state index contributed by atoms with van der Waals surface area (Å²) in [6.07, 6.45) is 1.19. The molecule has 0 amide bonds. The fraction of sp³-hybridized carbons (Fsp3) is 0.625. The smallest absolute Gasteiger partial charge is 0.123 e. The summed E-state index contributed by atoms with van der Waals surface area (Å²) in [6.45, 7) is 9.47. The van der Waals surface area contributed by atoms with E-state index in [1.165, 1.54) is 23.1 Å². The number of benzene rings is 1. The highest BCUT2D eigenvalue weighted by Crippen LogP contribution is 2.22. The molecule has 3 heteroatoms. The Morgan fingerprint density at radius 2 is 1.84 bits per heavy atom. The first kappa shape index (κ1) is 16.0. The lowest BCUT2D eigenvalue weighted by atomic mass is 10.0. The van der Waals surface area contributed by atoms with Crippen LogP contribution in [0, 0.1) is 19.8 Å². The van der Waals surface area contributed by atoms with E-state index in [1.54, 1.807) is 7.11 Å². The van der Waals surface area contributed by atoms with E-state index in [0.29, 0.717) is 5.92 Å². The monoisotopic (exact) mass is 264 g/mol. The van der Waals surface area contributed by atoms with Gasteiger partial charge in [0.2, 0.25) is 0 Å². The second kappa shape index (κ2) is 8.18. The summed E-state index contributed by atoms with van der Waals surface area (Å²) in [5.74, 6) is 1.67. The summed E-state index contributed by atoms with van der Waals surface area (Å²) >= 11 is 0. The lowest BCUT2D eigenvalue weighted by Gasteiger charge is -2.17. The van der Waals surface area contributed by atoms with Crippen LogP contribution in [0.15, 0.2) is 12.1 Å². The van der Waals surface area contributed by atoms with Crippen molar-refractivity contribution in [2.75, 3.05) is 27.2 Å². The maximum Gasteiger partial charge on any atom is 0.123 e. The van der Waals surface area contributed by atoms with Crippen molar-refractivity contribution in [3.05, 3.63) is 28.8 Å². The van der Waals surface area contributed by atoms with E-state index in [-0.39, 0.29) is 0 Å². The van der Waals surface area contributed by atoms with Crippen molar-refractivity contribution in [1.29, 1.82) is 0 Å². The van der Waals surface area contributed by atoms with Gasteiger partial charge in [-0.05, 0) is 57.1 Å². The lowest BCUT2D eigenvalue weighted by molar-refractivity contribution is 0.402. The van der Waals surface area contributed by atoms with Crippen molar-refractivity contribution in [1.82, 2.24) is 10.6 Å². The number of hydrogen-bond donors (Lipinski definition) is 2. The third-order valence-corrected chi connectivity index (χ3v) is 3.72. The molecule has 3 nitrogen and oxygen atoms in total. The number of aryl methyl sites for hydroxylation is 2. The average Bonchev–Trinajstić information content (AvgIpc) is 2.41. The normalized spacial score (nSPS) is 12.5. The second-order valence-corrected chi connectivity index (χ2v) is 5.21. The van der Waals surface area contributed by atoms with E-state index in [0.717, 1.165) is 25.4 Å². The molecule has 0 aliphatic rings. The summed E-state index contributed by atoms with van der Waals surface area (Å²) in [6, 6.07) is 4.34. The minimum Gasteiger partial charge on any atom is -0.496 e. The number of methoxy groups -OCH3 is 1. The summed E-state index contributed by atoms with van der Waals surface area (Å²) < 4.78 is 5.46. The van der Waals surface area contributed by atoms with Gasteiger partial charge >= 0.3 is 0 Å². The molecule has 19 heavy (non-hydrogen) atoms. The molecule has 1 rings (SSSR count). The third kappa shape index (κ3) is 4.84. The van der Waals surface area contributed by atoms with Crippen LogP contribution in [0.25, 0.3) is 0 Å². The number of nitrogens with one attached hydrogen (secondary N) is 2. The van der Waals surface area contributed by atoms with Gasteiger partial charge in [0.25, 0.3) is 0 Å². The van der Waals surface area contributed by atoms with Crippen molar-refractivity contribution in [2.45, 2.75) is 33.7 Å². The van der Waals surface area contributed by atoms with Crippen LogP contribution in [0.5, 0.6) is 5.75 Å². The first-order chi connectivity index (χ1) is 9.12. The molecular weight excluding hydrogens is 236 g/mol. The van der Waals surface area contributed by atoms with E-state index >= 15 is 0 Å². The maximum atomic E-state index is 5.46. The zero-order valence-electron chi connectivity index (χ0n) is 13.0. The molecule has 1 aromatic carbocycles. The molecule has 1 unspecified atom stereocenters. The minimum atomic E-state index is 0.683. The molecule has 0 bridgehead atoms. The van der Waals surface area contributed by atoms with Crippen molar-refractivity contribution in [2.24, 2.45) is 5.92 Å². The van der Waals surface area contributed by atoms with Crippen LogP contribution < -0.4 is 15.4 Å². The molecule has 0 radical (unpaired) electrons. The fourth-order valence-corrected chi connectivity index (χ4v) is 2.24. The van der Waals surface area contributed by atoms with Crippen LogP contribution in [0.4, 0.5) is 0 Å². The van der Waals surface area contributed by atoms with Gasteiger partial charge in [0.05, 0.1) is 7.11 Å². The summed E-state index contributed by atoms with van der Waals surface area (Å²) in [7, 11) is 3.75. The average molecular weight is 264 g/mol. The van der Waals surface area contributed by atoms with Crippen molar-refractivity contribution in [3.63, 3.8) is 0 Å². The van der Waals surface area contributed by atoms with Gasteiger partial charge < -0.3 is 15.4 Å². The van der Waals surface area contributed by atoms with Gasteiger partial charge in [-0.25, -0.2) is 0 Å². The molecule has 0 spiro atoms. The van der Waals surface area contributed by atoms with Crippen LogP contribution in [0.2, 0.25) is 0 Å². The van der Waals surface area contributed by atoms with Crippen LogP contribution >= 0.6 is 0 Å². The van der Waals surface area contributed by atoms with Gasteiger partial charge in [0.1, 0.15) is 5.75 Å². The van der Waals surface area contributed by atoms with Crippen molar-refractivity contribution >= 4 is 0 Å². The van der Waals surface area contributed by atoms with Gasteiger partial charge in [0.15, 0.2) is 0 Å². The van der Waals surface area contributed by atoms with E-state index < -0.39 is 0 Å². The van der Waals surface area contributed by atoms with Crippen LogP contribution in [-0.2, 0) is 6.54 Å². The Balaban J connectivity index is 2.59. The Labute approximate surface area is 117 Å². The highest BCUT2D eigenvalue weighted by Gasteiger charge is 2.08. The predicted octanol–water partition coefficient (Wildman–Crippen LogP) is 2.65. The Bertz CT molecular complexity index is 391. The highest BCUT2D eigenvalue weighted by molar-refractivity contribution is 5.41. The predicted molar refractivity (Wildman–Crippen MR) is 81.9 cm³/mol. The fourth-order valence-electron chi connectivity index (χ4n) is 2.24. The molecule has 108 valence electrons. The number of hydrogen-bond acceptors (Lipinski definition) is 3. The van der Waals surface area contributed by atoms with Crippen molar-refractivity contribution in [3.8, 4) is 5.75 Å². The highest BCUT2D eigenvalue weighted by atomic mass is 16.5. The molecule has 0 aliphatic carbocycles. The Hall–Kier alpha value is -1.06. The summed E-state index contributed by atoms with van der Waals surface area (Å²) in [5, 5.41) is 6.78. The first-order valence-electron chi connectivity index (χ1n) is 7.11. The summed E-state index contributed by atoms with van der Waals surface area (Å²) in [5.41, 5.74) is 3.84. The Morgan fingerprint density at radius 1 is 1.16 bits per heavy atom. The molecule has 2 N–H and O–H groups in total. The van der Waals surface area contributed by atoms with Gasteiger partial charge in [-0.2, -0.15) is 0 Å². The quantitative estimate of drug-likeness (QED) is 0.757. The molecule has 0 heterocycles. The molecule has 0 aliphatic heterocycles. The molecule has 1 aromatic rings. The zero-order valence-corrected chi connectivity index (χ0v) is 13.0. The van der Waals surface area contributed by atoms with E-state index in [9.17, 15) is 0 Å². The molecule has 0 saturated heterocycles. The molecule has 0 fully saturated rings. The van der Waals surface area contributed by atoms with E-state index in [2.05, 4.69) is 43.5 Å². The van der Waals surface area contributed by atoms with Crippen molar-refractivity contribution < 1.29 is 4.74 Å². The second-order valence-electron chi connectivity index (χ2n) is 5.21. The Kier molecular flexibility index (Phi) is 6.89. The van der Waals surface area contributed by atoms with Gasteiger partial charge in [0, 0.05) is 12.1 Å². The molecule has 0 aromatic heterocycles. The van der Waals surface area contributed by atoms with E-state index in [4.69, 9.17) is 4.74 Å². The Morgan fingerprint density at radius 3 is 2.42 bits per heavy atom. The number of rotatable bonds is 8. The van der Waals surface area contributed by atoms with E-state index in [1.807, 2.05) is 7.05 Å². The van der Waals surface area contributed by atoms with Gasteiger partial charge in [-0.1, -0.05) is 19.4 Å². The van der Waals surface area contributed by atoms with Crippen LogP contribution in [-0.4, -0.2) is 27.2 Å². The van der Waals surface area contributed by atoms with Gasteiger partial charge in [-0.15, -0.1) is 0 Å². The molecule has 1 atom stereocenters. The minimum absolute atomic E-state index is 0.683. The SMILES string of the molecule is CCC(CNC)CNCc1cc(C)c(C)cc1OC. The third-order valence-electron chi connectivity index (χ3n) is 3.72. The standard InChI is InChI=1S/C16H28N2O/c1-6-14(9-17-4)10-18-11-15-7-12(2)13(3)8-16(15)19-5/h7-8,14,17-18H,6,9-11H2,1-5H3. The zero-order chi connectivity index (χ0) is 14.3.